The molecule has 0 atom stereocenters. The molecule has 1 N–H and O–H groups in total. The number of carbonyl (C=O) groups is 1. The summed E-state index contributed by atoms with van der Waals surface area (Å²) in [4.78, 5) is 16.4. The summed E-state index contributed by atoms with van der Waals surface area (Å²) in [5.41, 5.74) is 2.22. The first-order valence-corrected chi connectivity index (χ1v) is 10.4. The molecule has 0 bridgehead atoms. The minimum atomic E-state index is -4.34. The molecule has 2 aromatic carbocycles. The Balaban J connectivity index is 1.40. The molecule has 1 heterocycles. The number of halogens is 3. The van der Waals surface area contributed by atoms with Crippen LogP contribution < -0.4 is 10.1 Å². The van der Waals surface area contributed by atoms with Gasteiger partial charge in [0.25, 0.3) is 0 Å². The molecule has 7 nitrogen and oxygen atoms in total. The number of rotatable bonds is 11. The number of ether oxygens (including phenoxy) is 2. The van der Waals surface area contributed by atoms with Crippen LogP contribution in [-0.4, -0.2) is 35.4 Å². The van der Waals surface area contributed by atoms with Gasteiger partial charge in [-0.15, -0.1) is 0 Å². The van der Waals surface area contributed by atoms with Crippen molar-refractivity contribution in [2.75, 3.05) is 13.2 Å². The average Bonchev–Trinajstić information content (AvgIpc) is 3.26. The van der Waals surface area contributed by atoms with Crippen molar-refractivity contribution in [3.63, 3.8) is 0 Å². The summed E-state index contributed by atoms with van der Waals surface area (Å²) < 4.78 is 51.6. The highest BCUT2D eigenvalue weighted by Crippen LogP contribution is 2.20. The van der Waals surface area contributed by atoms with Crippen molar-refractivity contribution in [2.45, 2.75) is 39.1 Å². The van der Waals surface area contributed by atoms with E-state index < -0.39 is 12.8 Å². The van der Waals surface area contributed by atoms with Crippen LogP contribution in [0.2, 0.25) is 0 Å². The summed E-state index contributed by atoms with van der Waals surface area (Å²) in [6.45, 7) is 1.37. The Bertz CT molecular complexity index is 1020. The summed E-state index contributed by atoms with van der Waals surface area (Å²) >= 11 is 0. The predicted molar refractivity (Wildman–Crippen MR) is 113 cm³/mol. The van der Waals surface area contributed by atoms with Crippen molar-refractivity contribution < 1.29 is 32.0 Å². The maximum absolute atomic E-state index is 12.1. The lowest BCUT2D eigenvalue weighted by Gasteiger charge is -2.08. The zero-order chi connectivity index (χ0) is 23.7. The van der Waals surface area contributed by atoms with Crippen LogP contribution in [0, 0.1) is 0 Å². The van der Waals surface area contributed by atoms with Gasteiger partial charge < -0.3 is 19.3 Å². The maximum Gasteiger partial charge on any atom is 0.411 e. The Morgan fingerprint density at radius 3 is 2.42 bits per heavy atom. The van der Waals surface area contributed by atoms with Crippen molar-refractivity contribution in [1.82, 2.24) is 15.5 Å². The quantitative estimate of drug-likeness (QED) is 0.452. The summed E-state index contributed by atoms with van der Waals surface area (Å²) in [6, 6.07) is 14.1. The third-order valence-electron chi connectivity index (χ3n) is 4.50. The van der Waals surface area contributed by atoms with Gasteiger partial charge in [0.15, 0.2) is 0 Å². The number of hydrogen-bond acceptors (Lipinski definition) is 6. The largest absolute Gasteiger partial charge is 0.494 e. The van der Waals surface area contributed by atoms with E-state index in [1.54, 1.807) is 24.3 Å². The molecule has 1 amide bonds. The van der Waals surface area contributed by atoms with E-state index in [1.165, 1.54) is 0 Å². The Morgan fingerprint density at radius 1 is 1.06 bits per heavy atom. The molecule has 0 saturated heterocycles. The van der Waals surface area contributed by atoms with Crippen LogP contribution in [-0.2, 0) is 29.1 Å². The monoisotopic (exact) mass is 463 g/mol. The lowest BCUT2D eigenvalue weighted by molar-refractivity contribution is -0.176. The summed E-state index contributed by atoms with van der Waals surface area (Å²) in [5, 5.41) is 6.73. The van der Waals surface area contributed by atoms with Crippen molar-refractivity contribution in [3.8, 4) is 17.1 Å². The van der Waals surface area contributed by atoms with E-state index in [2.05, 4.69) is 20.2 Å². The molecule has 0 fully saturated rings. The fourth-order valence-electron chi connectivity index (χ4n) is 2.89. The molecule has 10 heteroatoms. The van der Waals surface area contributed by atoms with Crippen LogP contribution in [0.3, 0.4) is 0 Å². The SMILES string of the molecule is CCOc1ccc(-c2noc(CCC(=O)NCc3ccc(COCC(F)(F)F)cc3)n2)cc1. The number of carbonyl (C=O) groups excluding carboxylic acids is 1. The zero-order valence-corrected chi connectivity index (χ0v) is 18.0. The smallest absolute Gasteiger partial charge is 0.411 e. The Labute approximate surface area is 188 Å². The van der Waals surface area contributed by atoms with Crippen LogP contribution in [0.25, 0.3) is 11.4 Å². The molecule has 0 aliphatic heterocycles. The fraction of sp³-hybridized carbons (Fsp3) is 0.348. The number of nitrogens with zero attached hydrogens (tertiary/aromatic N) is 2. The van der Waals surface area contributed by atoms with E-state index in [1.807, 2.05) is 31.2 Å². The van der Waals surface area contributed by atoms with E-state index in [4.69, 9.17) is 9.26 Å². The van der Waals surface area contributed by atoms with Crippen LogP contribution in [0.15, 0.2) is 53.1 Å². The number of hydrogen-bond donors (Lipinski definition) is 1. The predicted octanol–water partition coefficient (Wildman–Crippen LogP) is 4.46. The number of aryl methyl sites for hydroxylation is 1. The molecule has 0 aliphatic carbocycles. The lowest BCUT2D eigenvalue weighted by Crippen LogP contribution is -2.23. The van der Waals surface area contributed by atoms with Gasteiger partial charge in [-0.05, 0) is 42.3 Å². The van der Waals surface area contributed by atoms with E-state index in [0.29, 0.717) is 36.9 Å². The summed E-state index contributed by atoms with van der Waals surface area (Å²) in [7, 11) is 0. The van der Waals surface area contributed by atoms with Crippen LogP contribution in [0.5, 0.6) is 5.75 Å². The Hall–Kier alpha value is -3.40. The van der Waals surface area contributed by atoms with Crippen molar-refractivity contribution in [3.05, 3.63) is 65.5 Å². The van der Waals surface area contributed by atoms with Gasteiger partial charge in [0.05, 0.1) is 13.2 Å². The number of aromatic nitrogens is 2. The molecule has 0 unspecified atom stereocenters. The Morgan fingerprint density at radius 2 is 1.76 bits per heavy atom. The molecular formula is C23H24F3N3O4. The van der Waals surface area contributed by atoms with Gasteiger partial charge in [-0.25, -0.2) is 0 Å². The Kier molecular flexibility index (Phi) is 8.42. The van der Waals surface area contributed by atoms with Gasteiger partial charge in [0.1, 0.15) is 12.4 Å². The van der Waals surface area contributed by atoms with Gasteiger partial charge in [-0.1, -0.05) is 29.4 Å². The third kappa shape index (κ3) is 8.23. The molecule has 3 rings (SSSR count). The highest BCUT2D eigenvalue weighted by molar-refractivity contribution is 5.76. The van der Waals surface area contributed by atoms with Crippen molar-refractivity contribution >= 4 is 5.91 Å². The van der Waals surface area contributed by atoms with Crippen LogP contribution >= 0.6 is 0 Å². The third-order valence-corrected chi connectivity index (χ3v) is 4.50. The zero-order valence-electron chi connectivity index (χ0n) is 18.0. The number of alkyl halides is 3. The molecule has 33 heavy (non-hydrogen) atoms. The molecule has 0 radical (unpaired) electrons. The van der Waals surface area contributed by atoms with Gasteiger partial charge in [0.2, 0.25) is 17.6 Å². The highest BCUT2D eigenvalue weighted by atomic mass is 19.4. The van der Waals surface area contributed by atoms with Gasteiger partial charge in [0, 0.05) is 24.9 Å². The van der Waals surface area contributed by atoms with E-state index in [0.717, 1.165) is 16.9 Å². The maximum atomic E-state index is 12.1. The van der Waals surface area contributed by atoms with Gasteiger partial charge in [-0.3, -0.25) is 4.79 Å². The second kappa shape index (κ2) is 11.5. The second-order valence-corrected chi connectivity index (χ2v) is 7.17. The molecule has 0 spiro atoms. The van der Waals surface area contributed by atoms with E-state index in [9.17, 15) is 18.0 Å². The van der Waals surface area contributed by atoms with Crippen LogP contribution in [0.4, 0.5) is 13.2 Å². The van der Waals surface area contributed by atoms with E-state index >= 15 is 0 Å². The lowest BCUT2D eigenvalue weighted by atomic mass is 10.1. The number of amides is 1. The molecular weight excluding hydrogens is 439 g/mol. The van der Waals surface area contributed by atoms with Crippen molar-refractivity contribution in [1.29, 1.82) is 0 Å². The first-order valence-electron chi connectivity index (χ1n) is 10.4. The topological polar surface area (TPSA) is 86.5 Å². The van der Waals surface area contributed by atoms with Gasteiger partial charge in [-0.2, -0.15) is 18.2 Å². The summed E-state index contributed by atoms with van der Waals surface area (Å²) in [5.74, 6) is 1.37. The normalized spacial score (nSPS) is 11.4. The number of benzene rings is 2. The minimum absolute atomic E-state index is 0.130. The minimum Gasteiger partial charge on any atom is -0.494 e. The first kappa shape index (κ1) is 24.2. The second-order valence-electron chi connectivity index (χ2n) is 7.17. The molecule has 3 aromatic rings. The molecule has 0 saturated carbocycles. The average molecular weight is 463 g/mol. The highest BCUT2D eigenvalue weighted by Gasteiger charge is 2.27. The van der Waals surface area contributed by atoms with Gasteiger partial charge >= 0.3 is 6.18 Å². The fourth-order valence-corrected chi connectivity index (χ4v) is 2.89. The standard InChI is InChI=1S/C23H24F3N3O4/c1-2-32-19-9-7-18(8-10-19)22-28-21(33-29-22)12-11-20(30)27-13-16-3-5-17(6-4-16)14-31-15-23(24,25)26/h3-10H,2,11-15H2,1H3,(H,27,30). The van der Waals surface area contributed by atoms with Crippen LogP contribution in [0.1, 0.15) is 30.4 Å². The van der Waals surface area contributed by atoms with E-state index in [-0.39, 0.29) is 18.9 Å². The molecule has 176 valence electrons. The molecule has 1 aromatic heterocycles. The first-order chi connectivity index (χ1) is 15.8. The summed E-state index contributed by atoms with van der Waals surface area (Å²) in [6.07, 6.45) is -3.87. The number of nitrogens with one attached hydrogen (secondary N) is 1. The van der Waals surface area contributed by atoms with Crippen molar-refractivity contribution in [2.24, 2.45) is 0 Å². The molecule has 0 aliphatic rings.